The van der Waals surface area contributed by atoms with Gasteiger partial charge in [0.15, 0.2) is 9.84 Å². The highest BCUT2D eigenvalue weighted by Crippen LogP contribution is 1.93. The summed E-state index contributed by atoms with van der Waals surface area (Å²) in [4.78, 5) is 22.0. The molecule has 0 fully saturated rings. The minimum absolute atomic E-state index is 0.00448. The van der Waals surface area contributed by atoms with Crippen LogP contribution in [0.2, 0.25) is 0 Å². The maximum Gasteiger partial charge on any atom is 0.326 e. The van der Waals surface area contributed by atoms with Gasteiger partial charge in [0.2, 0.25) is 0 Å². The largest absolute Gasteiger partial charge is 0.480 e. The second-order valence-corrected chi connectivity index (χ2v) is 6.02. The molecule has 0 rings (SSSR count). The van der Waals surface area contributed by atoms with Gasteiger partial charge in [0.1, 0.15) is 6.04 Å². The molecule has 0 aromatic heterocycles. The average molecular weight is 278 g/mol. The molecule has 0 aliphatic rings. The number of carboxylic acids is 1. The van der Waals surface area contributed by atoms with Crippen molar-refractivity contribution in [3.8, 4) is 0 Å². The third-order valence-corrected chi connectivity index (χ3v) is 3.85. The molecule has 0 saturated heterocycles. The molecule has 0 spiro atoms. The Morgan fingerprint density at radius 1 is 1.44 bits per heavy atom. The van der Waals surface area contributed by atoms with Gasteiger partial charge in [-0.3, -0.25) is 0 Å². The van der Waals surface area contributed by atoms with E-state index in [0.717, 1.165) is 0 Å². The number of aliphatic carboxylic acids is 1. The smallest absolute Gasteiger partial charge is 0.326 e. The molecule has 0 saturated carbocycles. The number of urea groups is 1. The van der Waals surface area contributed by atoms with E-state index in [1.165, 1.54) is 13.0 Å². The summed E-state index contributed by atoms with van der Waals surface area (Å²) in [6, 6.07) is -1.78. The fourth-order valence-electron chi connectivity index (χ4n) is 1.06. The van der Waals surface area contributed by atoms with E-state index >= 15 is 0 Å². The first-order valence-electron chi connectivity index (χ1n) is 5.41. The van der Waals surface area contributed by atoms with E-state index in [9.17, 15) is 18.0 Å². The Morgan fingerprint density at radius 3 is 2.50 bits per heavy atom. The van der Waals surface area contributed by atoms with Crippen molar-refractivity contribution < 1.29 is 23.1 Å². The van der Waals surface area contributed by atoms with Crippen LogP contribution in [0.4, 0.5) is 4.79 Å². The Morgan fingerprint density at radius 2 is 2.06 bits per heavy atom. The summed E-state index contributed by atoms with van der Waals surface area (Å²) in [5.74, 6) is -1.34. The van der Waals surface area contributed by atoms with Crippen LogP contribution in [0, 0.1) is 0 Å². The van der Waals surface area contributed by atoms with E-state index in [4.69, 9.17) is 5.11 Å². The SMILES string of the molecule is C=CCC(NC(=O)NCCS(=O)(=O)CC)C(=O)O. The summed E-state index contributed by atoms with van der Waals surface area (Å²) in [6.45, 7) is 4.84. The molecule has 7 nitrogen and oxygen atoms in total. The van der Waals surface area contributed by atoms with Gasteiger partial charge in [-0.2, -0.15) is 0 Å². The predicted octanol–water partition coefficient (Wildman–Crippen LogP) is -0.250. The molecule has 2 amide bonds. The van der Waals surface area contributed by atoms with E-state index in [2.05, 4.69) is 17.2 Å². The van der Waals surface area contributed by atoms with Crippen molar-refractivity contribution in [3.05, 3.63) is 12.7 Å². The number of sulfone groups is 1. The maximum absolute atomic E-state index is 11.3. The van der Waals surface area contributed by atoms with Crippen molar-refractivity contribution in [1.29, 1.82) is 0 Å². The van der Waals surface area contributed by atoms with Crippen molar-refractivity contribution in [2.45, 2.75) is 19.4 Å². The summed E-state index contributed by atoms with van der Waals surface area (Å²) in [6.07, 6.45) is 1.47. The molecule has 0 heterocycles. The summed E-state index contributed by atoms with van der Waals surface area (Å²) in [5.41, 5.74) is 0. The standard InChI is InChI=1S/C10H18N2O5S/c1-3-5-8(9(13)14)12-10(15)11-6-7-18(16,17)4-2/h3,8H,1,4-7H2,2H3,(H,13,14)(H2,11,12,15). The summed E-state index contributed by atoms with van der Waals surface area (Å²) < 4.78 is 22.3. The van der Waals surface area contributed by atoms with E-state index in [1.54, 1.807) is 0 Å². The van der Waals surface area contributed by atoms with Crippen molar-refractivity contribution in [1.82, 2.24) is 10.6 Å². The van der Waals surface area contributed by atoms with E-state index in [-0.39, 0.29) is 24.5 Å². The van der Waals surface area contributed by atoms with Gasteiger partial charge < -0.3 is 15.7 Å². The molecular formula is C10H18N2O5S. The lowest BCUT2D eigenvalue weighted by Gasteiger charge is -2.13. The van der Waals surface area contributed by atoms with Crippen LogP contribution in [0.3, 0.4) is 0 Å². The highest BCUT2D eigenvalue weighted by Gasteiger charge is 2.18. The van der Waals surface area contributed by atoms with Gasteiger partial charge >= 0.3 is 12.0 Å². The van der Waals surface area contributed by atoms with Crippen LogP contribution in [-0.2, 0) is 14.6 Å². The van der Waals surface area contributed by atoms with Crippen LogP contribution in [0.5, 0.6) is 0 Å². The second kappa shape index (κ2) is 7.70. The molecule has 8 heteroatoms. The molecule has 18 heavy (non-hydrogen) atoms. The first-order chi connectivity index (χ1) is 8.32. The summed E-state index contributed by atoms with van der Waals surface area (Å²) in [5, 5.41) is 13.3. The second-order valence-electron chi connectivity index (χ2n) is 3.55. The molecule has 0 aliphatic heterocycles. The predicted molar refractivity (Wildman–Crippen MR) is 67.1 cm³/mol. The van der Waals surface area contributed by atoms with Gasteiger partial charge in [-0.1, -0.05) is 13.0 Å². The molecule has 0 aliphatic carbocycles. The lowest BCUT2D eigenvalue weighted by molar-refractivity contribution is -0.139. The molecule has 0 bridgehead atoms. The van der Waals surface area contributed by atoms with Gasteiger partial charge in [-0.25, -0.2) is 18.0 Å². The fraction of sp³-hybridized carbons (Fsp3) is 0.600. The lowest BCUT2D eigenvalue weighted by atomic mass is 10.2. The third kappa shape index (κ3) is 6.89. The fourth-order valence-corrected chi connectivity index (χ4v) is 1.76. The molecule has 104 valence electrons. The highest BCUT2D eigenvalue weighted by atomic mass is 32.2. The Kier molecular flexibility index (Phi) is 7.03. The molecule has 0 aromatic carbocycles. The number of carbonyl (C=O) groups is 2. The van der Waals surface area contributed by atoms with Crippen molar-refractivity contribution in [3.63, 3.8) is 0 Å². The van der Waals surface area contributed by atoms with E-state index in [0.29, 0.717) is 0 Å². The van der Waals surface area contributed by atoms with Crippen molar-refractivity contribution in [2.24, 2.45) is 0 Å². The number of carboxylic acid groups (broad SMARTS) is 1. The van der Waals surface area contributed by atoms with Crippen LogP contribution in [0.25, 0.3) is 0 Å². The molecule has 0 radical (unpaired) electrons. The van der Waals surface area contributed by atoms with Crippen LogP contribution in [0.15, 0.2) is 12.7 Å². The van der Waals surface area contributed by atoms with Crippen LogP contribution in [-0.4, -0.2) is 49.6 Å². The maximum atomic E-state index is 11.3. The number of amides is 2. The van der Waals surface area contributed by atoms with Gasteiger partial charge in [-0.15, -0.1) is 6.58 Å². The molecule has 0 aromatic rings. The Hall–Kier alpha value is -1.57. The van der Waals surface area contributed by atoms with Gasteiger partial charge in [0.05, 0.1) is 5.75 Å². The summed E-state index contributed by atoms with van der Waals surface area (Å²) in [7, 11) is -3.15. The first kappa shape index (κ1) is 16.4. The van der Waals surface area contributed by atoms with E-state index in [1.807, 2.05) is 0 Å². The number of rotatable bonds is 8. The van der Waals surface area contributed by atoms with E-state index < -0.39 is 27.9 Å². The minimum Gasteiger partial charge on any atom is -0.480 e. The molecule has 1 unspecified atom stereocenters. The lowest BCUT2D eigenvalue weighted by Crippen LogP contribution is -2.46. The molecule has 1 atom stereocenters. The van der Waals surface area contributed by atoms with Crippen LogP contribution in [0.1, 0.15) is 13.3 Å². The number of carbonyl (C=O) groups excluding carboxylic acids is 1. The zero-order valence-corrected chi connectivity index (χ0v) is 11.0. The Bertz CT molecular complexity index is 404. The minimum atomic E-state index is -3.15. The van der Waals surface area contributed by atoms with Gasteiger partial charge in [0.25, 0.3) is 0 Å². The molecule has 3 N–H and O–H groups in total. The van der Waals surface area contributed by atoms with Gasteiger partial charge in [0, 0.05) is 12.3 Å². The zero-order chi connectivity index (χ0) is 14.2. The summed E-state index contributed by atoms with van der Waals surface area (Å²) >= 11 is 0. The van der Waals surface area contributed by atoms with Crippen molar-refractivity contribution in [2.75, 3.05) is 18.1 Å². The van der Waals surface area contributed by atoms with Crippen LogP contribution < -0.4 is 10.6 Å². The topological polar surface area (TPSA) is 113 Å². The Labute approximate surface area is 106 Å². The number of nitrogens with one attached hydrogen (secondary N) is 2. The Balaban J connectivity index is 4.10. The van der Waals surface area contributed by atoms with Crippen molar-refractivity contribution >= 4 is 21.8 Å². The van der Waals surface area contributed by atoms with Gasteiger partial charge in [-0.05, 0) is 6.42 Å². The number of hydrogen-bond donors (Lipinski definition) is 3. The normalized spacial score (nSPS) is 12.5. The monoisotopic (exact) mass is 278 g/mol. The highest BCUT2D eigenvalue weighted by molar-refractivity contribution is 7.91. The quantitative estimate of drug-likeness (QED) is 0.530. The number of hydrogen-bond acceptors (Lipinski definition) is 4. The van der Waals surface area contributed by atoms with Crippen LogP contribution >= 0.6 is 0 Å². The third-order valence-electron chi connectivity index (χ3n) is 2.14. The molecular weight excluding hydrogens is 260 g/mol. The average Bonchev–Trinajstić information content (AvgIpc) is 2.28. The zero-order valence-electron chi connectivity index (χ0n) is 10.2. The first-order valence-corrected chi connectivity index (χ1v) is 7.23.